The molecule has 0 N–H and O–H groups in total. The fourth-order valence-electron chi connectivity index (χ4n) is 4.10. The summed E-state index contributed by atoms with van der Waals surface area (Å²) in [5.41, 5.74) is 4.23. The first-order valence-corrected chi connectivity index (χ1v) is 11.8. The summed E-state index contributed by atoms with van der Waals surface area (Å²) in [6.07, 6.45) is 7.44. The number of hydrogen-bond donors (Lipinski definition) is 0. The number of nitrogens with zero attached hydrogens (tertiary/aromatic N) is 6. The summed E-state index contributed by atoms with van der Waals surface area (Å²) in [6, 6.07) is 24.7. The molecule has 0 spiro atoms. The highest BCUT2D eigenvalue weighted by Crippen LogP contribution is 2.23. The molecule has 0 amide bonds. The van der Waals surface area contributed by atoms with E-state index in [1.807, 2.05) is 73.3 Å². The highest BCUT2D eigenvalue weighted by Gasteiger charge is 2.22. The summed E-state index contributed by atoms with van der Waals surface area (Å²) in [6.45, 7) is 7.67. The minimum absolute atomic E-state index is 0.157. The Morgan fingerprint density at radius 1 is 0.529 bits per heavy atom. The van der Waals surface area contributed by atoms with E-state index in [-0.39, 0.29) is 12.1 Å². The molecule has 0 radical (unpaired) electrons. The van der Waals surface area contributed by atoms with Gasteiger partial charge in [-0.25, -0.2) is 0 Å². The standard InChI is InChI=1S/C28H32N6/c1-23(27-13-5-9-17-31-27)33(21-25-11-3-7-15-29-25)19-20-34(22-26-12-4-8-16-30-26)24(2)28-14-6-10-18-32-28/h3-18,23-24H,19-22H2,1-2H3/t23-,24-/m1/s1. The Morgan fingerprint density at radius 3 is 1.24 bits per heavy atom. The average Bonchev–Trinajstić information content (AvgIpc) is 2.91. The van der Waals surface area contributed by atoms with Crippen LogP contribution in [0.4, 0.5) is 0 Å². The molecule has 4 rings (SSSR count). The van der Waals surface area contributed by atoms with Gasteiger partial charge in [0, 0.05) is 63.1 Å². The predicted molar refractivity (Wildman–Crippen MR) is 135 cm³/mol. The van der Waals surface area contributed by atoms with E-state index < -0.39 is 0 Å². The second kappa shape index (κ2) is 12.1. The smallest absolute Gasteiger partial charge is 0.0572 e. The maximum absolute atomic E-state index is 4.62. The van der Waals surface area contributed by atoms with Crippen molar-refractivity contribution in [3.05, 3.63) is 120 Å². The van der Waals surface area contributed by atoms with Gasteiger partial charge in [-0.3, -0.25) is 29.7 Å². The van der Waals surface area contributed by atoms with Crippen LogP contribution in [-0.2, 0) is 13.1 Å². The molecule has 0 unspecified atom stereocenters. The van der Waals surface area contributed by atoms with Crippen molar-refractivity contribution >= 4 is 0 Å². The molecule has 0 aromatic carbocycles. The Labute approximate surface area is 202 Å². The van der Waals surface area contributed by atoms with Crippen molar-refractivity contribution in [2.45, 2.75) is 39.0 Å². The Morgan fingerprint density at radius 2 is 0.912 bits per heavy atom. The zero-order chi connectivity index (χ0) is 23.6. The Bertz CT molecular complexity index is 1000. The first-order valence-electron chi connectivity index (χ1n) is 11.8. The van der Waals surface area contributed by atoms with Crippen molar-refractivity contribution in [3.8, 4) is 0 Å². The molecule has 6 heteroatoms. The van der Waals surface area contributed by atoms with Crippen molar-refractivity contribution in [2.75, 3.05) is 13.1 Å². The fourth-order valence-corrected chi connectivity index (χ4v) is 4.10. The number of rotatable bonds is 11. The first-order chi connectivity index (χ1) is 16.7. The SMILES string of the molecule is C[C@H](c1ccccn1)N(CCN(Cc1ccccn1)[C@H](C)c1ccccn1)Cc1ccccn1. The predicted octanol–water partition coefficient (Wildman–Crippen LogP) is 5.09. The van der Waals surface area contributed by atoms with Gasteiger partial charge in [-0.1, -0.05) is 24.3 Å². The molecule has 0 aliphatic carbocycles. The van der Waals surface area contributed by atoms with E-state index in [0.29, 0.717) is 0 Å². The van der Waals surface area contributed by atoms with Gasteiger partial charge in [0.1, 0.15) is 0 Å². The molecule has 4 aromatic heterocycles. The molecule has 34 heavy (non-hydrogen) atoms. The van der Waals surface area contributed by atoms with E-state index in [4.69, 9.17) is 0 Å². The van der Waals surface area contributed by atoms with Gasteiger partial charge in [-0.2, -0.15) is 0 Å². The Balaban J connectivity index is 1.55. The van der Waals surface area contributed by atoms with Gasteiger partial charge in [0.05, 0.1) is 22.8 Å². The second-order valence-electron chi connectivity index (χ2n) is 8.44. The number of aromatic nitrogens is 4. The quantitative estimate of drug-likeness (QED) is 0.316. The van der Waals surface area contributed by atoms with E-state index in [1.165, 1.54) is 0 Å². The molecule has 0 saturated heterocycles. The zero-order valence-corrected chi connectivity index (χ0v) is 19.9. The topological polar surface area (TPSA) is 58.0 Å². The van der Waals surface area contributed by atoms with Crippen molar-refractivity contribution < 1.29 is 0 Å². The Hall–Kier alpha value is -3.48. The monoisotopic (exact) mass is 452 g/mol. The molecule has 174 valence electrons. The van der Waals surface area contributed by atoms with Crippen LogP contribution in [0.1, 0.15) is 48.7 Å². The highest BCUT2D eigenvalue weighted by atomic mass is 15.2. The van der Waals surface area contributed by atoms with Gasteiger partial charge in [0.2, 0.25) is 0 Å². The van der Waals surface area contributed by atoms with Gasteiger partial charge in [-0.15, -0.1) is 0 Å². The third kappa shape index (κ3) is 6.53. The maximum atomic E-state index is 4.62. The summed E-state index contributed by atoms with van der Waals surface area (Å²) in [7, 11) is 0. The van der Waals surface area contributed by atoms with Crippen LogP contribution < -0.4 is 0 Å². The fraction of sp³-hybridized carbons (Fsp3) is 0.286. The molecular formula is C28H32N6. The van der Waals surface area contributed by atoms with Crippen molar-refractivity contribution in [2.24, 2.45) is 0 Å². The van der Waals surface area contributed by atoms with Crippen molar-refractivity contribution in [1.29, 1.82) is 0 Å². The molecule has 0 bridgehead atoms. The molecular weight excluding hydrogens is 420 g/mol. The van der Waals surface area contributed by atoms with Crippen LogP contribution in [0.15, 0.2) is 97.6 Å². The van der Waals surface area contributed by atoms with E-state index >= 15 is 0 Å². The summed E-state index contributed by atoms with van der Waals surface area (Å²) < 4.78 is 0. The molecule has 0 aliphatic heterocycles. The van der Waals surface area contributed by atoms with E-state index in [0.717, 1.165) is 49.0 Å². The maximum Gasteiger partial charge on any atom is 0.0572 e. The lowest BCUT2D eigenvalue weighted by molar-refractivity contribution is 0.129. The van der Waals surface area contributed by atoms with Gasteiger partial charge in [0.15, 0.2) is 0 Å². The first kappa shape index (κ1) is 23.7. The summed E-state index contributed by atoms with van der Waals surface area (Å²) >= 11 is 0. The van der Waals surface area contributed by atoms with Crippen molar-refractivity contribution in [1.82, 2.24) is 29.7 Å². The van der Waals surface area contributed by atoms with Crippen LogP contribution in [0.3, 0.4) is 0 Å². The van der Waals surface area contributed by atoms with Crippen LogP contribution in [-0.4, -0.2) is 42.8 Å². The van der Waals surface area contributed by atoms with E-state index in [1.54, 1.807) is 0 Å². The lowest BCUT2D eigenvalue weighted by atomic mass is 10.1. The summed E-state index contributed by atoms with van der Waals surface area (Å²) in [5, 5.41) is 0. The highest BCUT2D eigenvalue weighted by molar-refractivity contribution is 5.12. The van der Waals surface area contributed by atoms with Crippen LogP contribution in [0.25, 0.3) is 0 Å². The molecule has 0 aliphatic rings. The van der Waals surface area contributed by atoms with Crippen LogP contribution in [0, 0.1) is 0 Å². The largest absolute Gasteiger partial charge is 0.288 e. The molecule has 0 saturated carbocycles. The number of pyridine rings is 4. The number of hydrogen-bond acceptors (Lipinski definition) is 6. The molecule has 4 aromatic rings. The summed E-state index contributed by atoms with van der Waals surface area (Å²) in [4.78, 5) is 23.3. The van der Waals surface area contributed by atoms with Crippen LogP contribution in [0.5, 0.6) is 0 Å². The minimum atomic E-state index is 0.157. The normalized spacial score (nSPS) is 13.2. The Kier molecular flexibility index (Phi) is 8.43. The van der Waals surface area contributed by atoms with Crippen molar-refractivity contribution in [3.63, 3.8) is 0 Å². The average molecular weight is 453 g/mol. The lowest BCUT2D eigenvalue weighted by Crippen LogP contribution is -2.38. The second-order valence-corrected chi connectivity index (χ2v) is 8.44. The minimum Gasteiger partial charge on any atom is -0.288 e. The molecule has 0 fully saturated rings. The molecule has 2 atom stereocenters. The van der Waals surface area contributed by atoms with Gasteiger partial charge < -0.3 is 0 Å². The summed E-state index contributed by atoms with van der Waals surface area (Å²) in [5.74, 6) is 0. The molecule has 6 nitrogen and oxygen atoms in total. The van der Waals surface area contributed by atoms with Crippen LogP contribution in [0.2, 0.25) is 0 Å². The van der Waals surface area contributed by atoms with Crippen LogP contribution >= 0.6 is 0 Å². The van der Waals surface area contributed by atoms with Gasteiger partial charge in [0.25, 0.3) is 0 Å². The molecule has 4 heterocycles. The third-order valence-electron chi connectivity index (χ3n) is 6.18. The van der Waals surface area contributed by atoms with E-state index in [9.17, 15) is 0 Å². The lowest BCUT2D eigenvalue weighted by Gasteiger charge is -2.34. The zero-order valence-electron chi connectivity index (χ0n) is 19.9. The van der Waals surface area contributed by atoms with E-state index in [2.05, 4.69) is 67.8 Å². The third-order valence-corrected chi connectivity index (χ3v) is 6.18. The van der Waals surface area contributed by atoms with Gasteiger partial charge in [-0.05, 0) is 62.4 Å². The van der Waals surface area contributed by atoms with Gasteiger partial charge >= 0.3 is 0 Å².